The van der Waals surface area contributed by atoms with Crippen molar-refractivity contribution in [2.24, 2.45) is 5.84 Å². The molecule has 0 aliphatic heterocycles. The molecule has 4 heteroatoms. The Kier molecular flexibility index (Phi) is 4.12. The monoisotopic (exact) mass is 232 g/mol. The highest BCUT2D eigenvalue weighted by molar-refractivity contribution is 5.46. The highest BCUT2D eigenvalue weighted by Gasteiger charge is 2.15. The second-order valence-corrected chi connectivity index (χ2v) is 4.54. The van der Waals surface area contributed by atoms with Crippen LogP contribution in [0.5, 0.6) is 0 Å². The van der Waals surface area contributed by atoms with Gasteiger partial charge in [-0.2, -0.15) is 0 Å². The van der Waals surface area contributed by atoms with Crippen LogP contribution in [0.4, 0.5) is 5.69 Å². The second-order valence-electron chi connectivity index (χ2n) is 4.54. The number of rotatable bonds is 4. The summed E-state index contributed by atoms with van der Waals surface area (Å²) in [5, 5.41) is 0. The van der Waals surface area contributed by atoms with Crippen molar-refractivity contribution < 1.29 is 0 Å². The van der Waals surface area contributed by atoms with Gasteiger partial charge in [-0.05, 0) is 38.2 Å². The number of nitrogen functional groups attached to an aromatic ring is 1. The van der Waals surface area contributed by atoms with E-state index in [4.69, 9.17) is 11.6 Å². The Morgan fingerprint density at radius 2 is 2.29 bits per heavy atom. The molecule has 5 N–H and O–H groups in total. The SMILES string of the molecule is NNC(CC1=CCCCC1)c1cnccc1N. The molecule has 0 amide bonds. The highest BCUT2D eigenvalue weighted by Crippen LogP contribution is 2.29. The van der Waals surface area contributed by atoms with E-state index >= 15 is 0 Å². The Labute approximate surface area is 102 Å². The summed E-state index contributed by atoms with van der Waals surface area (Å²) in [7, 11) is 0. The minimum Gasteiger partial charge on any atom is -0.398 e. The zero-order valence-corrected chi connectivity index (χ0v) is 10.0. The van der Waals surface area contributed by atoms with Crippen molar-refractivity contribution in [3.05, 3.63) is 35.7 Å². The number of aromatic nitrogens is 1. The number of anilines is 1. The molecule has 0 radical (unpaired) electrons. The minimum atomic E-state index is 0.0630. The third-order valence-electron chi connectivity index (χ3n) is 3.32. The molecule has 4 nitrogen and oxygen atoms in total. The summed E-state index contributed by atoms with van der Waals surface area (Å²) in [4.78, 5) is 4.11. The van der Waals surface area contributed by atoms with E-state index in [9.17, 15) is 0 Å². The molecule has 92 valence electrons. The number of nitrogens with one attached hydrogen (secondary N) is 1. The molecule has 1 unspecified atom stereocenters. The maximum atomic E-state index is 5.95. The van der Waals surface area contributed by atoms with Crippen LogP contribution in [0.15, 0.2) is 30.1 Å². The summed E-state index contributed by atoms with van der Waals surface area (Å²) in [6, 6.07) is 1.88. The van der Waals surface area contributed by atoms with E-state index in [0.717, 1.165) is 17.7 Å². The first-order chi connectivity index (χ1) is 8.31. The normalized spacial score (nSPS) is 17.6. The largest absolute Gasteiger partial charge is 0.398 e. The molecule has 0 saturated heterocycles. The molecule has 1 aliphatic rings. The van der Waals surface area contributed by atoms with Crippen LogP contribution in [-0.2, 0) is 0 Å². The molecular weight excluding hydrogens is 212 g/mol. The molecule has 1 atom stereocenters. The lowest BCUT2D eigenvalue weighted by Crippen LogP contribution is -2.29. The number of hydrazine groups is 1. The first-order valence-electron chi connectivity index (χ1n) is 6.14. The average Bonchev–Trinajstić information content (AvgIpc) is 2.38. The van der Waals surface area contributed by atoms with Crippen LogP contribution in [0, 0.1) is 0 Å². The van der Waals surface area contributed by atoms with Crippen LogP contribution < -0.4 is 17.0 Å². The minimum absolute atomic E-state index is 0.0630. The van der Waals surface area contributed by atoms with Crippen molar-refractivity contribution in [2.75, 3.05) is 5.73 Å². The fourth-order valence-corrected chi connectivity index (χ4v) is 2.32. The summed E-state index contributed by atoms with van der Waals surface area (Å²) >= 11 is 0. The van der Waals surface area contributed by atoms with Crippen LogP contribution in [-0.4, -0.2) is 4.98 Å². The van der Waals surface area contributed by atoms with E-state index in [1.165, 1.54) is 31.3 Å². The van der Waals surface area contributed by atoms with Gasteiger partial charge in [0.15, 0.2) is 0 Å². The summed E-state index contributed by atoms with van der Waals surface area (Å²) < 4.78 is 0. The number of nitrogens with zero attached hydrogens (tertiary/aromatic N) is 1. The Balaban J connectivity index is 2.11. The van der Waals surface area contributed by atoms with Crippen LogP contribution in [0.25, 0.3) is 0 Å². The molecule has 0 saturated carbocycles. The van der Waals surface area contributed by atoms with E-state index < -0.39 is 0 Å². The predicted octanol–water partition coefficient (Wildman–Crippen LogP) is 2.06. The Morgan fingerprint density at radius 3 is 2.94 bits per heavy atom. The van der Waals surface area contributed by atoms with Crippen molar-refractivity contribution in [1.82, 2.24) is 10.4 Å². The standard InChI is InChI=1S/C13H20N4/c14-12-6-7-16-9-11(12)13(17-15)8-10-4-2-1-3-5-10/h4,6-7,9,13,17H,1-3,5,8,15H2,(H2,14,16). The molecule has 1 aromatic heterocycles. The van der Waals surface area contributed by atoms with Gasteiger partial charge in [-0.1, -0.05) is 11.6 Å². The molecular formula is C13H20N4. The van der Waals surface area contributed by atoms with Crippen molar-refractivity contribution >= 4 is 5.69 Å². The van der Waals surface area contributed by atoms with Gasteiger partial charge in [0.25, 0.3) is 0 Å². The zero-order valence-electron chi connectivity index (χ0n) is 10.0. The van der Waals surface area contributed by atoms with Crippen LogP contribution >= 0.6 is 0 Å². The molecule has 0 bridgehead atoms. The number of hydrogen-bond donors (Lipinski definition) is 3. The molecule has 1 aromatic rings. The number of allylic oxidation sites excluding steroid dienone is 1. The van der Waals surface area contributed by atoms with Gasteiger partial charge >= 0.3 is 0 Å². The molecule has 1 heterocycles. The van der Waals surface area contributed by atoms with Gasteiger partial charge in [-0.25, -0.2) is 0 Å². The molecule has 0 fully saturated rings. The smallest absolute Gasteiger partial charge is 0.0532 e. The lowest BCUT2D eigenvalue weighted by molar-refractivity contribution is 0.529. The van der Waals surface area contributed by atoms with Gasteiger partial charge < -0.3 is 5.73 Å². The molecule has 17 heavy (non-hydrogen) atoms. The lowest BCUT2D eigenvalue weighted by atomic mass is 9.92. The second kappa shape index (κ2) is 5.80. The van der Waals surface area contributed by atoms with Crippen LogP contribution in [0.1, 0.15) is 43.7 Å². The van der Waals surface area contributed by atoms with Gasteiger partial charge in [-0.15, -0.1) is 0 Å². The van der Waals surface area contributed by atoms with Crippen molar-refractivity contribution in [2.45, 2.75) is 38.1 Å². The van der Waals surface area contributed by atoms with Crippen molar-refractivity contribution in [3.8, 4) is 0 Å². The predicted molar refractivity (Wildman–Crippen MR) is 69.9 cm³/mol. The Hall–Kier alpha value is -1.39. The maximum Gasteiger partial charge on any atom is 0.0532 e. The maximum absolute atomic E-state index is 5.95. The zero-order chi connectivity index (χ0) is 12.1. The topological polar surface area (TPSA) is 77.0 Å². The summed E-state index contributed by atoms with van der Waals surface area (Å²) in [6.45, 7) is 0. The summed E-state index contributed by atoms with van der Waals surface area (Å²) in [5.74, 6) is 5.63. The van der Waals surface area contributed by atoms with E-state index in [0.29, 0.717) is 0 Å². The first kappa shape index (κ1) is 12.1. The van der Waals surface area contributed by atoms with E-state index in [1.807, 2.05) is 6.07 Å². The molecule has 0 aromatic carbocycles. The number of nitrogens with two attached hydrogens (primary N) is 2. The lowest BCUT2D eigenvalue weighted by Gasteiger charge is -2.21. The van der Waals surface area contributed by atoms with Crippen molar-refractivity contribution in [1.29, 1.82) is 0 Å². The van der Waals surface area contributed by atoms with E-state index in [-0.39, 0.29) is 6.04 Å². The summed E-state index contributed by atoms with van der Waals surface area (Å²) in [6.07, 6.45) is 11.7. The van der Waals surface area contributed by atoms with Gasteiger partial charge in [-0.3, -0.25) is 16.3 Å². The van der Waals surface area contributed by atoms with Gasteiger partial charge in [0, 0.05) is 23.6 Å². The Morgan fingerprint density at radius 1 is 1.41 bits per heavy atom. The van der Waals surface area contributed by atoms with Crippen molar-refractivity contribution in [3.63, 3.8) is 0 Å². The average molecular weight is 232 g/mol. The highest BCUT2D eigenvalue weighted by atomic mass is 15.2. The number of hydrogen-bond acceptors (Lipinski definition) is 4. The van der Waals surface area contributed by atoms with Gasteiger partial charge in [0.1, 0.15) is 0 Å². The third kappa shape index (κ3) is 3.05. The quantitative estimate of drug-likeness (QED) is 0.422. The number of pyridine rings is 1. The van der Waals surface area contributed by atoms with E-state index in [2.05, 4.69) is 16.5 Å². The fourth-order valence-electron chi connectivity index (χ4n) is 2.32. The fraction of sp³-hybridized carbons (Fsp3) is 0.462. The third-order valence-corrected chi connectivity index (χ3v) is 3.32. The Bertz CT molecular complexity index is 400. The van der Waals surface area contributed by atoms with Crippen LogP contribution in [0.2, 0.25) is 0 Å². The van der Waals surface area contributed by atoms with Gasteiger partial charge in [0.2, 0.25) is 0 Å². The molecule has 0 spiro atoms. The van der Waals surface area contributed by atoms with Crippen LogP contribution in [0.3, 0.4) is 0 Å². The van der Waals surface area contributed by atoms with Gasteiger partial charge in [0.05, 0.1) is 6.04 Å². The molecule has 2 rings (SSSR count). The first-order valence-corrected chi connectivity index (χ1v) is 6.14. The summed E-state index contributed by atoms with van der Waals surface area (Å²) in [5.41, 5.74) is 12.0. The molecule has 1 aliphatic carbocycles. The van der Waals surface area contributed by atoms with E-state index in [1.54, 1.807) is 12.4 Å².